The Morgan fingerprint density at radius 3 is 2.34 bits per heavy atom. The van der Waals surface area contributed by atoms with Crippen molar-refractivity contribution in [1.29, 1.82) is 5.26 Å². The fourth-order valence-corrected chi connectivity index (χ4v) is 8.57. The van der Waals surface area contributed by atoms with Gasteiger partial charge in [-0.15, -0.1) is 0 Å². The highest BCUT2D eigenvalue weighted by molar-refractivity contribution is 5.90. The van der Waals surface area contributed by atoms with Crippen LogP contribution in [0.1, 0.15) is 85.1 Å². The largest absolute Gasteiger partial charge is 0.399 e. The van der Waals surface area contributed by atoms with Gasteiger partial charge in [-0.3, -0.25) is 24.1 Å². The average Bonchev–Trinajstić information content (AvgIpc) is 3.66. The summed E-state index contributed by atoms with van der Waals surface area (Å²) < 4.78 is 26.3. The van der Waals surface area contributed by atoms with E-state index in [1.807, 2.05) is 57.7 Å². The Morgan fingerprint density at radius 1 is 1.05 bits per heavy atom. The zero-order chi connectivity index (χ0) is 41.9. The minimum atomic E-state index is -1.07. The van der Waals surface area contributed by atoms with Crippen molar-refractivity contribution < 1.29 is 33.0 Å². The van der Waals surface area contributed by atoms with Crippen LogP contribution in [0, 0.1) is 29.1 Å². The summed E-state index contributed by atoms with van der Waals surface area (Å²) in [6, 6.07) is 6.86. The van der Waals surface area contributed by atoms with Gasteiger partial charge in [0.15, 0.2) is 0 Å². The molecule has 2 aliphatic rings. The number of rotatable bonds is 19. The monoisotopic (exact) mass is 786 g/mol. The molecule has 1 aromatic carbocycles. The number of alkyl halides is 1. The third-order valence-corrected chi connectivity index (χ3v) is 12.2. The molecule has 56 heavy (non-hydrogen) atoms. The van der Waals surface area contributed by atoms with E-state index in [-0.39, 0.29) is 66.8 Å². The Morgan fingerprint density at radius 2 is 1.75 bits per heavy atom. The van der Waals surface area contributed by atoms with Crippen LogP contribution in [-0.4, -0.2) is 140 Å². The Balaban J connectivity index is 1.78. The highest BCUT2D eigenvalue weighted by Gasteiger charge is 2.44. The van der Waals surface area contributed by atoms with Gasteiger partial charge >= 0.3 is 0 Å². The number of benzene rings is 1. The van der Waals surface area contributed by atoms with Gasteiger partial charge < -0.3 is 35.2 Å². The van der Waals surface area contributed by atoms with Crippen LogP contribution in [0.15, 0.2) is 24.3 Å². The molecule has 0 saturated carbocycles. The number of nitrogens with two attached hydrogens (primary N) is 1. The highest BCUT2D eigenvalue weighted by Crippen LogP contribution is 2.31. The van der Waals surface area contributed by atoms with E-state index < -0.39 is 42.4 Å². The van der Waals surface area contributed by atoms with Crippen molar-refractivity contribution in [2.24, 2.45) is 17.8 Å². The van der Waals surface area contributed by atoms with Gasteiger partial charge in [-0.05, 0) is 62.3 Å². The molecule has 0 spiro atoms. The predicted molar refractivity (Wildman–Crippen MR) is 215 cm³/mol. The molecule has 2 fully saturated rings. The number of hydrogen-bond donors (Lipinski definition) is 2. The maximum Gasteiger partial charge on any atom is 0.245 e. The number of likely N-dealkylation sites (N-methyl/N-ethyl adjacent to an activating group) is 3. The topological polar surface area (TPSA) is 162 Å². The molecule has 0 unspecified atom stereocenters. The van der Waals surface area contributed by atoms with Crippen molar-refractivity contribution in [1.82, 2.24) is 24.9 Å². The molecule has 3 N–H and O–H groups in total. The fraction of sp³-hybridized carbons (Fsp3) is 0.738. The number of likely N-dealkylation sites (tertiary alicyclic amines) is 2. The number of carbonyl (C=O) groups excluding carboxylic acids is 4. The van der Waals surface area contributed by atoms with Gasteiger partial charge in [0.05, 0.1) is 55.2 Å². The van der Waals surface area contributed by atoms with E-state index in [0.29, 0.717) is 44.5 Å². The lowest BCUT2D eigenvalue weighted by atomic mass is 9.89. The normalized spacial score (nSPS) is 22.6. The minimum Gasteiger partial charge on any atom is -0.399 e. The van der Waals surface area contributed by atoms with Crippen molar-refractivity contribution in [3.63, 3.8) is 0 Å². The van der Waals surface area contributed by atoms with Crippen LogP contribution in [0.25, 0.3) is 0 Å². The van der Waals surface area contributed by atoms with Crippen LogP contribution in [0.4, 0.5) is 10.1 Å². The minimum absolute atomic E-state index is 0.00774. The second-order valence-electron chi connectivity index (χ2n) is 16.4. The molecule has 1 aromatic rings. The predicted octanol–water partition coefficient (Wildman–Crippen LogP) is 4.05. The van der Waals surface area contributed by atoms with E-state index in [0.717, 1.165) is 12.0 Å². The summed E-state index contributed by atoms with van der Waals surface area (Å²) in [5.74, 6) is -1.96. The van der Waals surface area contributed by atoms with E-state index >= 15 is 0 Å². The second-order valence-corrected chi connectivity index (χ2v) is 16.4. The molecule has 4 amide bonds. The first-order valence-corrected chi connectivity index (χ1v) is 20.2. The lowest BCUT2D eigenvalue weighted by Crippen LogP contribution is -2.60. The van der Waals surface area contributed by atoms with E-state index in [4.69, 9.17) is 15.2 Å². The SMILES string of the molecule is CC[C@H](C)[C@@H]([C@@H](CC(=O)N1CCC[C@H]1[C@H](OC)[C@@H](C)C(=O)N(C)[C@H](CC#N)Cc1cccc(N)c1)OC)N(C)C(=O)[C@@H](NC(=O)[C@@H]1C[C@@H](F)CCN1C)C(C)C. The maximum absolute atomic E-state index is 14.3. The molecule has 314 valence electrons. The molecule has 10 atom stereocenters. The molecule has 0 radical (unpaired) electrons. The van der Waals surface area contributed by atoms with Gasteiger partial charge in [0, 0.05) is 59.6 Å². The molecule has 3 rings (SSSR count). The first-order chi connectivity index (χ1) is 26.5. The number of halogens is 1. The molecule has 13 nitrogen and oxygen atoms in total. The van der Waals surface area contributed by atoms with Crippen molar-refractivity contribution in [3.8, 4) is 6.07 Å². The third kappa shape index (κ3) is 11.6. The van der Waals surface area contributed by atoms with Crippen molar-refractivity contribution >= 4 is 29.3 Å². The molecule has 2 heterocycles. The van der Waals surface area contributed by atoms with Crippen LogP contribution < -0.4 is 11.1 Å². The number of methoxy groups -OCH3 is 2. The number of nitrogens with one attached hydrogen (secondary N) is 1. The van der Waals surface area contributed by atoms with Gasteiger partial charge in [-0.2, -0.15) is 5.26 Å². The quantitative estimate of drug-likeness (QED) is 0.197. The molecule has 0 bridgehead atoms. The van der Waals surface area contributed by atoms with E-state index in [9.17, 15) is 28.8 Å². The molecule has 0 aromatic heterocycles. The van der Waals surface area contributed by atoms with Crippen molar-refractivity contribution in [3.05, 3.63) is 29.8 Å². The Hall–Kier alpha value is -3.80. The summed E-state index contributed by atoms with van der Waals surface area (Å²) in [5, 5.41) is 12.5. The highest BCUT2D eigenvalue weighted by atomic mass is 19.1. The summed E-state index contributed by atoms with van der Waals surface area (Å²) in [7, 11) is 8.28. The summed E-state index contributed by atoms with van der Waals surface area (Å²) in [6.07, 6.45) is 0.801. The zero-order valence-electron chi connectivity index (χ0n) is 35.4. The number of anilines is 1. The van der Waals surface area contributed by atoms with Crippen LogP contribution in [0.5, 0.6) is 0 Å². The summed E-state index contributed by atoms with van der Waals surface area (Å²) >= 11 is 0. The first kappa shape index (κ1) is 46.6. The lowest BCUT2D eigenvalue weighted by Gasteiger charge is -2.41. The smallest absolute Gasteiger partial charge is 0.245 e. The summed E-state index contributed by atoms with van der Waals surface area (Å²) in [5.41, 5.74) is 7.53. The number of nitrogens with zero attached hydrogens (tertiary/aromatic N) is 5. The second kappa shape index (κ2) is 21.6. The number of carbonyl (C=O) groups is 4. The average molecular weight is 786 g/mol. The molecular weight excluding hydrogens is 718 g/mol. The van der Waals surface area contributed by atoms with Gasteiger partial charge in [0.25, 0.3) is 0 Å². The third-order valence-electron chi connectivity index (χ3n) is 12.2. The molecular formula is C42H68FN7O6. The number of amides is 4. The van der Waals surface area contributed by atoms with E-state index in [2.05, 4.69) is 11.4 Å². The van der Waals surface area contributed by atoms with Gasteiger partial charge in [0.2, 0.25) is 23.6 Å². The van der Waals surface area contributed by atoms with E-state index in [1.54, 1.807) is 49.0 Å². The zero-order valence-corrected chi connectivity index (χ0v) is 35.4. The first-order valence-electron chi connectivity index (χ1n) is 20.2. The van der Waals surface area contributed by atoms with Crippen molar-refractivity contribution in [2.45, 2.75) is 135 Å². The van der Waals surface area contributed by atoms with Gasteiger partial charge in [0.1, 0.15) is 12.2 Å². The van der Waals surface area contributed by atoms with Crippen LogP contribution in [0.3, 0.4) is 0 Å². The molecule has 0 aliphatic carbocycles. The maximum atomic E-state index is 14.3. The Labute approximate surface area is 334 Å². The van der Waals surface area contributed by atoms with Gasteiger partial charge in [-0.25, -0.2) is 4.39 Å². The number of hydrogen-bond acceptors (Lipinski definition) is 9. The Bertz CT molecular complexity index is 1510. The number of nitrogen functional groups attached to an aromatic ring is 1. The van der Waals surface area contributed by atoms with Crippen molar-refractivity contribution in [2.75, 3.05) is 54.2 Å². The Kier molecular flexibility index (Phi) is 18.0. The molecule has 14 heteroatoms. The number of ether oxygens (including phenoxy) is 2. The lowest BCUT2D eigenvalue weighted by molar-refractivity contribution is -0.149. The van der Waals surface area contributed by atoms with Crippen LogP contribution in [-0.2, 0) is 35.1 Å². The fourth-order valence-electron chi connectivity index (χ4n) is 8.57. The number of nitriles is 1. The number of piperidine rings is 1. The molecule has 2 saturated heterocycles. The van der Waals surface area contributed by atoms with Crippen LogP contribution in [0.2, 0.25) is 0 Å². The van der Waals surface area contributed by atoms with E-state index in [1.165, 1.54) is 7.11 Å². The van der Waals surface area contributed by atoms with Crippen LogP contribution >= 0.6 is 0 Å². The summed E-state index contributed by atoms with van der Waals surface area (Å²) in [6.45, 7) is 10.5. The molecule has 2 aliphatic heterocycles. The standard InChI is InChI=1S/C42H68FN7O6/c1-11-27(4)38(49(8)42(54)37(26(2)3)46-40(52)34-24-30(43)18-21-47(34)6)35(55-9)25-36(51)50-20-13-16-33(50)39(56-10)28(5)41(53)48(7)32(17-19-44)23-29-14-12-15-31(45)22-29/h12,14-15,22,26-28,30,32-35,37-39H,11,13,16-18,20-21,23-25,45H2,1-10H3,(H,46,52)/t27-,28+,30-,32+,33-,34-,35+,37-,38-,39+/m0/s1. The summed E-state index contributed by atoms with van der Waals surface area (Å²) in [4.78, 5) is 62.8. The van der Waals surface area contributed by atoms with Gasteiger partial charge in [-0.1, -0.05) is 53.2 Å².